The van der Waals surface area contributed by atoms with Gasteiger partial charge in [0.05, 0.1) is 12.9 Å². The smallest absolute Gasteiger partial charge is 0.254 e. The Balaban J connectivity index is 1.66. The third kappa shape index (κ3) is 3.68. The molecule has 1 aliphatic heterocycles. The lowest BCUT2D eigenvalue weighted by atomic mass is 10.0. The number of aliphatic hydroxyl groups excluding tert-OH is 1. The average molecular weight is 329 g/mol. The van der Waals surface area contributed by atoms with Crippen LogP contribution in [0.15, 0.2) is 47.1 Å². The molecule has 1 N–H and O–H groups in total. The number of furan rings is 1. The van der Waals surface area contributed by atoms with Crippen molar-refractivity contribution < 1.29 is 19.1 Å². The van der Waals surface area contributed by atoms with Gasteiger partial charge in [0.2, 0.25) is 0 Å². The Morgan fingerprint density at radius 1 is 1.38 bits per heavy atom. The van der Waals surface area contributed by atoms with Crippen molar-refractivity contribution in [3.05, 3.63) is 59.5 Å². The summed E-state index contributed by atoms with van der Waals surface area (Å²) in [7, 11) is 1.65. The number of carbonyl (C=O) groups is 1. The van der Waals surface area contributed by atoms with E-state index in [4.69, 9.17) is 9.15 Å². The lowest BCUT2D eigenvalue weighted by Gasteiger charge is -2.26. The molecule has 1 amide bonds. The van der Waals surface area contributed by atoms with Gasteiger partial charge in [0.25, 0.3) is 5.91 Å². The van der Waals surface area contributed by atoms with Gasteiger partial charge in [-0.2, -0.15) is 0 Å². The van der Waals surface area contributed by atoms with Gasteiger partial charge in [-0.05, 0) is 42.7 Å². The predicted octanol–water partition coefficient (Wildman–Crippen LogP) is 3.15. The molecule has 0 spiro atoms. The molecule has 2 unspecified atom stereocenters. The van der Waals surface area contributed by atoms with Gasteiger partial charge in [0, 0.05) is 31.7 Å². The molecule has 1 saturated heterocycles. The van der Waals surface area contributed by atoms with Gasteiger partial charge in [-0.25, -0.2) is 0 Å². The zero-order valence-corrected chi connectivity index (χ0v) is 13.9. The summed E-state index contributed by atoms with van der Waals surface area (Å²) >= 11 is 0. The topological polar surface area (TPSA) is 62.9 Å². The summed E-state index contributed by atoms with van der Waals surface area (Å²) in [4.78, 5) is 14.7. The zero-order chi connectivity index (χ0) is 16.9. The van der Waals surface area contributed by atoms with E-state index in [-0.39, 0.29) is 11.9 Å². The highest BCUT2D eigenvalue weighted by atomic mass is 16.5. The van der Waals surface area contributed by atoms with Crippen LogP contribution in [0, 0.1) is 0 Å². The molecule has 2 heterocycles. The van der Waals surface area contributed by atoms with E-state index in [0.717, 1.165) is 24.9 Å². The maximum absolute atomic E-state index is 12.8. The summed E-state index contributed by atoms with van der Waals surface area (Å²) in [6, 6.07) is 11.1. The van der Waals surface area contributed by atoms with E-state index >= 15 is 0 Å². The van der Waals surface area contributed by atoms with Crippen molar-refractivity contribution in [1.29, 1.82) is 0 Å². The molecule has 24 heavy (non-hydrogen) atoms. The van der Waals surface area contributed by atoms with Crippen LogP contribution in [-0.4, -0.2) is 35.6 Å². The standard InChI is InChI=1S/C19H23NO4/c1-23-13-14-6-8-15(9-7-14)19(22)20-10-2-4-16(20)12-17(21)18-5-3-11-24-18/h3,5-9,11,16-17,21H,2,4,10,12-13H2,1H3. The molecule has 1 fully saturated rings. The zero-order valence-electron chi connectivity index (χ0n) is 13.9. The fourth-order valence-electron chi connectivity index (χ4n) is 3.28. The van der Waals surface area contributed by atoms with E-state index < -0.39 is 6.10 Å². The van der Waals surface area contributed by atoms with Crippen LogP contribution in [0.1, 0.15) is 47.0 Å². The first kappa shape index (κ1) is 16.7. The molecule has 128 valence electrons. The molecule has 1 aromatic carbocycles. The number of methoxy groups -OCH3 is 1. The number of aliphatic hydroxyl groups is 1. The summed E-state index contributed by atoms with van der Waals surface area (Å²) in [5, 5.41) is 10.3. The van der Waals surface area contributed by atoms with Gasteiger partial charge < -0.3 is 19.2 Å². The molecule has 1 aromatic heterocycles. The van der Waals surface area contributed by atoms with Crippen molar-refractivity contribution >= 4 is 5.91 Å². The number of rotatable bonds is 6. The van der Waals surface area contributed by atoms with Gasteiger partial charge in [0.1, 0.15) is 11.9 Å². The highest BCUT2D eigenvalue weighted by molar-refractivity contribution is 5.94. The van der Waals surface area contributed by atoms with E-state index in [1.54, 1.807) is 25.5 Å². The second-order valence-electron chi connectivity index (χ2n) is 6.19. The monoisotopic (exact) mass is 329 g/mol. The first-order chi connectivity index (χ1) is 11.7. The summed E-state index contributed by atoms with van der Waals surface area (Å²) < 4.78 is 10.3. The first-order valence-corrected chi connectivity index (χ1v) is 8.29. The molecule has 2 atom stereocenters. The van der Waals surface area contributed by atoms with E-state index in [1.807, 2.05) is 29.2 Å². The van der Waals surface area contributed by atoms with Crippen molar-refractivity contribution in [2.45, 2.75) is 38.0 Å². The highest BCUT2D eigenvalue weighted by Crippen LogP contribution is 2.28. The molecular weight excluding hydrogens is 306 g/mol. The largest absolute Gasteiger partial charge is 0.467 e. The molecule has 1 aliphatic rings. The predicted molar refractivity (Wildman–Crippen MR) is 89.5 cm³/mol. The summed E-state index contributed by atoms with van der Waals surface area (Å²) in [6.45, 7) is 1.27. The molecule has 2 aromatic rings. The van der Waals surface area contributed by atoms with Crippen molar-refractivity contribution in [1.82, 2.24) is 4.90 Å². The van der Waals surface area contributed by atoms with Crippen molar-refractivity contribution in [2.24, 2.45) is 0 Å². The Kier molecular flexibility index (Phi) is 5.33. The van der Waals surface area contributed by atoms with Crippen LogP contribution in [0.4, 0.5) is 0 Å². The van der Waals surface area contributed by atoms with Crippen LogP contribution in [0.2, 0.25) is 0 Å². The SMILES string of the molecule is COCc1ccc(C(=O)N2CCCC2CC(O)c2ccco2)cc1. The minimum absolute atomic E-state index is 0.0214. The van der Waals surface area contributed by atoms with E-state index in [9.17, 15) is 9.90 Å². The normalized spacial score (nSPS) is 18.8. The number of likely N-dealkylation sites (tertiary alicyclic amines) is 1. The van der Waals surface area contributed by atoms with Crippen molar-refractivity contribution in [3.8, 4) is 0 Å². The van der Waals surface area contributed by atoms with Gasteiger partial charge in [-0.1, -0.05) is 12.1 Å². The maximum atomic E-state index is 12.8. The molecular formula is C19H23NO4. The third-order valence-electron chi connectivity index (χ3n) is 4.52. The molecule has 3 rings (SSSR count). The lowest BCUT2D eigenvalue weighted by molar-refractivity contribution is 0.0641. The molecule has 0 aliphatic carbocycles. The average Bonchev–Trinajstić information content (AvgIpc) is 3.27. The number of ether oxygens (including phenoxy) is 1. The first-order valence-electron chi connectivity index (χ1n) is 8.29. The summed E-state index contributed by atoms with van der Waals surface area (Å²) in [6.07, 6.45) is 3.25. The van der Waals surface area contributed by atoms with Crippen molar-refractivity contribution in [2.75, 3.05) is 13.7 Å². The van der Waals surface area contributed by atoms with Crippen LogP contribution < -0.4 is 0 Å². The molecule has 5 heteroatoms. The van der Waals surface area contributed by atoms with Crippen LogP contribution in [0.25, 0.3) is 0 Å². The fourth-order valence-corrected chi connectivity index (χ4v) is 3.28. The second-order valence-corrected chi connectivity index (χ2v) is 6.19. The summed E-state index contributed by atoms with van der Waals surface area (Å²) in [5.41, 5.74) is 1.72. The van der Waals surface area contributed by atoms with Crippen LogP contribution >= 0.6 is 0 Å². The van der Waals surface area contributed by atoms with E-state index in [0.29, 0.717) is 24.4 Å². The van der Waals surface area contributed by atoms with Gasteiger partial charge in [-0.3, -0.25) is 4.79 Å². The minimum Gasteiger partial charge on any atom is -0.467 e. The lowest BCUT2D eigenvalue weighted by Crippen LogP contribution is -2.36. The number of carbonyl (C=O) groups excluding carboxylic acids is 1. The van der Waals surface area contributed by atoms with Gasteiger partial charge in [-0.15, -0.1) is 0 Å². The Labute approximate surface area is 141 Å². The van der Waals surface area contributed by atoms with E-state index in [2.05, 4.69) is 0 Å². The molecule has 0 radical (unpaired) electrons. The number of amides is 1. The Morgan fingerprint density at radius 2 is 2.17 bits per heavy atom. The van der Waals surface area contributed by atoms with Crippen LogP contribution in [0.3, 0.4) is 0 Å². The van der Waals surface area contributed by atoms with Crippen LogP contribution in [-0.2, 0) is 11.3 Å². The molecule has 5 nitrogen and oxygen atoms in total. The molecule has 0 bridgehead atoms. The number of hydrogen-bond acceptors (Lipinski definition) is 4. The number of benzene rings is 1. The Morgan fingerprint density at radius 3 is 2.83 bits per heavy atom. The van der Waals surface area contributed by atoms with Crippen LogP contribution in [0.5, 0.6) is 0 Å². The highest BCUT2D eigenvalue weighted by Gasteiger charge is 2.31. The van der Waals surface area contributed by atoms with Crippen molar-refractivity contribution in [3.63, 3.8) is 0 Å². The third-order valence-corrected chi connectivity index (χ3v) is 4.52. The number of hydrogen-bond donors (Lipinski definition) is 1. The minimum atomic E-state index is -0.678. The second kappa shape index (κ2) is 7.64. The van der Waals surface area contributed by atoms with E-state index in [1.165, 1.54) is 0 Å². The molecule has 0 saturated carbocycles. The van der Waals surface area contributed by atoms with Gasteiger partial charge >= 0.3 is 0 Å². The summed E-state index contributed by atoms with van der Waals surface area (Å²) in [5.74, 6) is 0.575. The Bertz CT molecular complexity index is 651. The maximum Gasteiger partial charge on any atom is 0.254 e. The fraction of sp³-hybridized carbons (Fsp3) is 0.421. The quantitative estimate of drug-likeness (QED) is 0.884. The van der Waals surface area contributed by atoms with Gasteiger partial charge in [0.15, 0.2) is 0 Å². The Hall–Kier alpha value is -2.11. The number of nitrogens with zero attached hydrogens (tertiary/aromatic N) is 1.